The van der Waals surface area contributed by atoms with Gasteiger partial charge in [0.1, 0.15) is 0 Å². The summed E-state index contributed by atoms with van der Waals surface area (Å²) in [4.78, 5) is 12.0. The molecule has 0 aromatic carbocycles. The topological polar surface area (TPSA) is 64.7 Å². The Morgan fingerprint density at radius 1 is 1.25 bits per heavy atom. The van der Waals surface area contributed by atoms with E-state index in [0.717, 1.165) is 34.8 Å². The lowest BCUT2D eigenvalue weighted by atomic mass is 10.2. The average Bonchev–Trinajstić information content (AvgIpc) is 3.33. The summed E-state index contributed by atoms with van der Waals surface area (Å²) >= 11 is 3.48. The van der Waals surface area contributed by atoms with Gasteiger partial charge in [-0.15, -0.1) is 0 Å². The monoisotopic (exact) mass is 461 g/mol. The van der Waals surface area contributed by atoms with Crippen molar-refractivity contribution >= 4 is 21.8 Å². The Kier molecular flexibility index (Phi) is 6.16. The molecule has 0 unspecified atom stereocenters. The van der Waals surface area contributed by atoms with Crippen molar-refractivity contribution in [1.29, 1.82) is 0 Å². The van der Waals surface area contributed by atoms with E-state index in [-0.39, 0.29) is 24.8 Å². The molecule has 1 saturated carbocycles. The number of aryl methyl sites for hydroxylation is 3. The summed E-state index contributed by atoms with van der Waals surface area (Å²) in [7, 11) is 0. The molecular formula is C18H23BrF3N5O. The summed E-state index contributed by atoms with van der Waals surface area (Å²) in [5, 5.41) is 10.9. The van der Waals surface area contributed by atoms with Crippen molar-refractivity contribution in [3.05, 3.63) is 33.3 Å². The molecule has 154 valence electrons. The van der Waals surface area contributed by atoms with E-state index in [9.17, 15) is 18.0 Å². The summed E-state index contributed by atoms with van der Waals surface area (Å²) in [5.41, 5.74) is 1.65. The van der Waals surface area contributed by atoms with Crippen molar-refractivity contribution in [3.8, 4) is 0 Å². The van der Waals surface area contributed by atoms with Crippen molar-refractivity contribution < 1.29 is 18.0 Å². The second-order valence-electron chi connectivity index (χ2n) is 7.11. The fourth-order valence-electron chi connectivity index (χ4n) is 3.10. The Hall–Kier alpha value is -1.84. The van der Waals surface area contributed by atoms with E-state index in [4.69, 9.17) is 0 Å². The Labute approximate surface area is 169 Å². The number of halogens is 4. The molecular weight excluding hydrogens is 439 g/mol. The van der Waals surface area contributed by atoms with Gasteiger partial charge in [0, 0.05) is 43.4 Å². The first-order valence-corrected chi connectivity index (χ1v) is 10.1. The third-order valence-corrected chi connectivity index (χ3v) is 5.96. The fraction of sp³-hybridized carbons (Fsp3) is 0.611. The second-order valence-corrected chi connectivity index (χ2v) is 7.90. The number of carbonyl (C=O) groups is 1. The number of nitrogens with one attached hydrogen (secondary N) is 1. The van der Waals surface area contributed by atoms with Gasteiger partial charge in [0.25, 0.3) is 0 Å². The lowest BCUT2D eigenvalue weighted by molar-refractivity contribution is -0.141. The van der Waals surface area contributed by atoms with Gasteiger partial charge in [0.05, 0.1) is 10.2 Å². The molecule has 1 aliphatic carbocycles. The van der Waals surface area contributed by atoms with Crippen LogP contribution >= 0.6 is 15.9 Å². The molecule has 10 heteroatoms. The Morgan fingerprint density at radius 3 is 2.54 bits per heavy atom. The molecule has 2 heterocycles. The number of nitrogens with zero attached hydrogens (tertiary/aromatic N) is 4. The number of hydrogen-bond acceptors (Lipinski definition) is 3. The molecule has 1 N–H and O–H groups in total. The van der Waals surface area contributed by atoms with Crippen LogP contribution in [0.15, 0.2) is 10.5 Å². The van der Waals surface area contributed by atoms with E-state index in [1.54, 1.807) is 0 Å². The third kappa shape index (κ3) is 4.95. The van der Waals surface area contributed by atoms with Gasteiger partial charge in [-0.1, -0.05) is 0 Å². The Bertz CT molecular complexity index is 854. The first-order chi connectivity index (χ1) is 13.2. The van der Waals surface area contributed by atoms with Crippen molar-refractivity contribution in [3.63, 3.8) is 0 Å². The predicted molar refractivity (Wildman–Crippen MR) is 101 cm³/mol. The van der Waals surface area contributed by atoms with Crippen LogP contribution in [0.1, 0.15) is 54.4 Å². The van der Waals surface area contributed by atoms with Crippen molar-refractivity contribution in [2.75, 3.05) is 6.54 Å². The molecule has 3 rings (SSSR count). The standard InChI is InChI=1S/C18H23BrF3N5O/c1-11-17(19)12(2)26(24-11)8-3-7-23-16(28)6-9-27-14(13-4-5-13)10-15(25-27)18(20,21)22/h10,13H,3-9H2,1-2H3,(H,23,28). The Morgan fingerprint density at radius 2 is 1.96 bits per heavy atom. The predicted octanol–water partition coefficient (Wildman–Crippen LogP) is 3.95. The highest BCUT2D eigenvalue weighted by atomic mass is 79.9. The third-order valence-electron chi connectivity index (χ3n) is 4.81. The molecule has 1 aliphatic rings. The van der Waals surface area contributed by atoms with Crippen LogP contribution < -0.4 is 5.32 Å². The van der Waals surface area contributed by atoms with Crippen LogP contribution in [0.2, 0.25) is 0 Å². The van der Waals surface area contributed by atoms with Crippen LogP contribution in [0.3, 0.4) is 0 Å². The lowest BCUT2D eigenvalue weighted by Gasteiger charge is -2.09. The zero-order valence-electron chi connectivity index (χ0n) is 15.8. The molecule has 0 saturated heterocycles. The maximum Gasteiger partial charge on any atom is 0.435 e. The van der Waals surface area contributed by atoms with E-state index in [1.807, 2.05) is 18.5 Å². The Balaban J connectivity index is 1.45. The number of carbonyl (C=O) groups excluding carboxylic acids is 1. The minimum absolute atomic E-state index is 0.101. The second kappa shape index (κ2) is 8.26. The van der Waals surface area contributed by atoms with Gasteiger partial charge in [-0.05, 0) is 55.1 Å². The number of alkyl halides is 3. The molecule has 0 bridgehead atoms. The van der Waals surface area contributed by atoms with Gasteiger partial charge in [0.2, 0.25) is 5.91 Å². The highest BCUT2D eigenvalue weighted by Crippen LogP contribution is 2.42. The molecule has 1 fully saturated rings. The zero-order valence-corrected chi connectivity index (χ0v) is 17.4. The van der Waals surface area contributed by atoms with Crippen molar-refractivity contribution in [2.24, 2.45) is 0 Å². The van der Waals surface area contributed by atoms with E-state index in [2.05, 4.69) is 31.4 Å². The van der Waals surface area contributed by atoms with Crippen LogP contribution in [0.5, 0.6) is 0 Å². The largest absolute Gasteiger partial charge is 0.435 e. The molecule has 2 aromatic heterocycles. The van der Waals surface area contributed by atoms with Gasteiger partial charge in [-0.2, -0.15) is 23.4 Å². The van der Waals surface area contributed by atoms with E-state index in [0.29, 0.717) is 25.2 Å². The molecule has 6 nitrogen and oxygen atoms in total. The van der Waals surface area contributed by atoms with Crippen molar-refractivity contribution in [1.82, 2.24) is 24.9 Å². The average molecular weight is 462 g/mol. The fourth-order valence-corrected chi connectivity index (χ4v) is 3.39. The number of amides is 1. The SMILES string of the molecule is Cc1nn(CCCNC(=O)CCn2nc(C(F)(F)F)cc2C2CC2)c(C)c1Br. The number of rotatable bonds is 8. The molecule has 0 atom stereocenters. The van der Waals surface area contributed by atoms with Gasteiger partial charge < -0.3 is 5.32 Å². The van der Waals surface area contributed by atoms with Gasteiger partial charge in [-0.3, -0.25) is 14.2 Å². The summed E-state index contributed by atoms with van der Waals surface area (Å²) in [5.74, 6) is -0.0629. The normalized spacial score (nSPS) is 14.5. The van der Waals surface area contributed by atoms with Crippen LogP contribution in [-0.2, 0) is 24.1 Å². The number of hydrogen-bond donors (Lipinski definition) is 1. The minimum Gasteiger partial charge on any atom is -0.356 e. The maximum absolute atomic E-state index is 12.9. The maximum atomic E-state index is 12.9. The molecule has 1 amide bonds. The quantitative estimate of drug-likeness (QED) is 0.605. The van der Waals surface area contributed by atoms with Gasteiger partial charge in [0.15, 0.2) is 5.69 Å². The summed E-state index contributed by atoms with van der Waals surface area (Å²) < 4.78 is 42.9. The number of aromatic nitrogens is 4. The van der Waals surface area contributed by atoms with Gasteiger partial charge >= 0.3 is 6.18 Å². The molecule has 0 aliphatic heterocycles. The highest BCUT2D eigenvalue weighted by molar-refractivity contribution is 9.10. The van der Waals surface area contributed by atoms with E-state index < -0.39 is 11.9 Å². The highest BCUT2D eigenvalue weighted by Gasteiger charge is 2.37. The lowest BCUT2D eigenvalue weighted by Crippen LogP contribution is -2.26. The molecule has 2 aromatic rings. The summed E-state index contributed by atoms with van der Waals surface area (Å²) in [6, 6.07) is 1.11. The first kappa shape index (κ1) is 20.9. The van der Waals surface area contributed by atoms with E-state index in [1.165, 1.54) is 4.68 Å². The molecule has 0 radical (unpaired) electrons. The van der Waals surface area contributed by atoms with Crippen molar-refractivity contribution in [2.45, 2.75) is 64.7 Å². The van der Waals surface area contributed by atoms with Gasteiger partial charge in [-0.25, -0.2) is 0 Å². The smallest absolute Gasteiger partial charge is 0.356 e. The summed E-state index contributed by atoms with van der Waals surface area (Å²) in [6.07, 6.45) is -1.90. The van der Waals surface area contributed by atoms with E-state index >= 15 is 0 Å². The minimum atomic E-state index is -4.46. The van der Waals surface area contributed by atoms with Crippen LogP contribution in [0.25, 0.3) is 0 Å². The first-order valence-electron chi connectivity index (χ1n) is 9.28. The summed E-state index contributed by atoms with van der Waals surface area (Å²) in [6.45, 7) is 5.21. The zero-order chi connectivity index (χ0) is 20.5. The van der Waals surface area contributed by atoms with Crippen LogP contribution in [0, 0.1) is 13.8 Å². The molecule has 28 heavy (non-hydrogen) atoms. The molecule has 0 spiro atoms. The van der Waals surface area contributed by atoms with Crippen LogP contribution in [-0.4, -0.2) is 32.0 Å². The van der Waals surface area contributed by atoms with Crippen LogP contribution in [0.4, 0.5) is 13.2 Å².